The van der Waals surface area contributed by atoms with Crippen molar-refractivity contribution >= 4 is 11.7 Å². The van der Waals surface area contributed by atoms with Crippen molar-refractivity contribution in [3.63, 3.8) is 0 Å². The average molecular weight is 444 g/mol. The van der Waals surface area contributed by atoms with Crippen LogP contribution in [0, 0.1) is 0 Å². The summed E-state index contributed by atoms with van der Waals surface area (Å²) in [7, 11) is 1.51. The summed E-state index contributed by atoms with van der Waals surface area (Å²) in [5.74, 6) is 1.31. The second kappa shape index (κ2) is 12.9. The summed E-state index contributed by atoms with van der Waals surface area (Å²) < 4.78 is 27.3. The molecule has 2 aromatic carbocycles. The lowest BCUT2D eigenvalue weighted by atomic mass is 10.1. The molecule has 1 atom stereocenters. The number of hydrogen-bond donors (Lipinski definition) is 0. The third-order valence-electron chi connectivity index (χ3n) is 5.22. The Labute approximate surface area is 190 Å². The SMILES string of the molecule is CCOC(=O)[C@H](Cc1ccc(OCCCOc2ccc(N3CCOCC3)cc2)cc1)OC. The Balaban J connectivity index is 1.34. The lowest BCUT2D eigenvalue weighted by Gasteiger charge is -2.28. The van der Waals surface area contributed by atoms with E-state index in [1.807, 2.05) is 36.4 Å². The summed E-state index contributed by atoms with van der Waals surface area (Å²) >= 11 is 0. The summed E-state index contributed by atoms with van der Waals surface area (Å²) in [5.41, 5.74) is 2.19. The Kier molecular flexibility index (Phi) is 9.65. The highest BCUT2D eigenvalue weighted by molar-refractivity contribution is 5.75. The molecule has 32 heavy (non-hydrogen) atoms. The monoisotopic (exact) mass is 443 g/mol. The molecule has 1 aliphatic rings. The highest BCUT2D eigenvalue weighted by Crippen LogP contribution is 2.20. The Morgan fingerprint density at radius 2 is 1.56 bits per heavy atom. The van der Waals surface area contributed by atoms with E-state index in [1.165, 1.54) is 12.8 Å². The van der Waals surface area contributed by atoms with Gasteiger partial charge in [0.05, 0.1) is 33.0 Å². The number of morpholine rings is 1. The zero-order valence-electron chi connectivity index (χ0n) is 19.0. The van der Waals surface area contributed by atoms with Crippen LogP contribution in [0.3, 0.4) is 0 Å². The van der Waals surface area contributed by atoms with Gasteiger partial charge in [0.1, 0.15) is 11.5 Å². The van der Waals surface area contributed by atoms with Crippen LogP contribution in [-0.2, 0) is 25.4 Å². The van der Waals surface area contributed by atoms with Crippen LogP contribution >= 0.6 is 0 Å². The summed E-state index contributed by atoms with van der Waals surface area (Å²) in [6.45, 7) is 6.69. The third-order valence-corrected chi connectivity index (χ3v) is 5.22. The molecule has 0 saturated carbocycles. The number of hydrogen-bond acceptors (Lipinski definition) is 7. The van der Waals surface area contributed by atoms with Crippen LogP contribution in [0.1, 0.15) is 18.9 Å². The van der Waals surface area contributed by atoms with Crippen molar-refractivity contribution in [2.24, 2.45) is 0 Å². The summed E-state index contributed by atoms with van der Waals surface area (Å²) in [5, 5.41) is 0. The fourth-order valence-corrected chi connectivity index (χ4v) is 3.45. The van der Waals surface area contributed by atoms with E-state index in [0.29, 0.717) is 26.2 Å². The normalized spacial score (nSPS) is 14.6. The molecule has 7 nitrogen and oxygen atoms in total. The number of esters is 1. The van der Waals surface area contributed by atoms with Crippen LogP contribution in [0.2, 0.25) is 0 Å². The average Bonchev–Trinajstić information content (AvgIpc) is 2.84. The van der Waals surface area contributed by atoms with Gasteiger partial charge in [-0.05, 0) is 48.9 Å². The maximum absolute atomic E-state index is 11.8. The standard InChI is InChI=1S/C25H33NO6/c1-3-30-25(27)24(28-2)19-20-5-9-22(10-6-20)31-15-4-16-32-23-11-7-21(8-12-23)26-13-17-29-18-14-26/h5-12,24H,3-4,13-19H2,1-2H3/t24-/m0/s1. The Hall–Kier alpha value is -2.77. The van der Waals surface area contributed by atoms with Gasteiger partial charge in [0.2, 0.25) is 0 Å². The smallest absolute Gasteiger partial charge is 0.335 e. The van der Waals surface area contributed by atoms with Crippen LogP contribution in [0.4, 0.5) is 5.69 Å². The van der Waals surface area contributed by atoms with Gasteiger partial charge in [-0.2, -0.15) is 0 Å². The molecule has 0 N–H and O–H groups in total. The third kappa shape index (κ3) is 7.43. The van der Waals surface area contributed by atoms with E-state index in [4.69, 9.17) is 23.7 Å². The van der Waals surface area contributed by atoms with Crippen molar-refractivity contribution in [3.05, 3.63) is 54.1 Å². The number of ether oxygens (including phenoxy) is 5. The largest absolute Gasteiger partial charge is 0.493 e. The van der Waals surface area contributed by atoms with Gasteiger partial charge in [0.15, 0.2) is 6.10 Å². The molecule has 0 radical (unpaired) electrons. The van der Waals surface area contributed by atoms with Crippen molar-refractivity contribution in [2.75, 3.05) is 58.1 Å². The lowest BCUT2D eigenvalue weighted by molar-refractivity contribution is -0.154. The minimum absolute atomic E-state index is 0.342. The summed E-state index contributed by atoms with van der Waals surface area (Å²) in [4.78, 5) is 14.2. The minimum atomic E-state index is -0.596. The number of methoxy groups -OCH3 is 1. The first kappa shape index (κ1) is 23.9. The molecule has 1 fully saturated rings. The lowest BCUT2D eigenvalue weighted by Crippen LogP contribution is -2.36. The van der Waals surface area contributed by atoms with Crippen molar-refractivity contribution < 1.29 is 28.5 Å². The van der Waals surface area contributed by atoms with Crippen LogP contribution < -0.4 is 14.4 Å². The molecule has 7 heteroatoms. The van der Waals surface area contributed by atoms with E-state index in [1.54, 1.807) is 6.92 Å². The Morgan fingerprint density at radius 1 is 0.969 bits per heavy atom. The van der Waals surface area contributed by atoms with Gasteiger partial charge in [-0.25, -0.2) is 4.79 Å². The summed E-state index contributed by atoms with van der Waals surface area (Å²) in [6, 6.07) is 15.9. The molecule has 1 aliphatic heterocycles. The minimum Gasteiger partial charge on any atom is -0.493 e. The number of nitrogens with zero attached hydrogens (tertiary/aromatic N) is 1. The van der Waals surface area contributed by atoms with E-state index in [9.17, 15) is 4.79 Å². The van der Waals surface area contributed by atoms with E-state index >= 15 is 0 Å². The number of carbonyl (C=O) groups is 1. The van der Waals surface area contributed by atoms with E-state index in [-0.39, 0.29) is 5.97 Å². The molecule has 1 saturated heterocycles. The molecule has 3 rings (SSSR count). The zero-order chi connectivity index (χ0) is 22.6. The highest BCUT2D eigenvalue weighted by atomic mass is 16.6. The van der Waals surface area contributed by atoms with Gasteiger partial charge in [0, 0.05) is 38.7 Å². The van der Waals surface area contributed by atoms with Crippen LogP contribution in [0.25, 0.3) is 0 Å². The Bertz CT molecular complexity index is 802. The quantitative estimate of drug-likeness (QED) is 0.367. The maximum atomic E-state index is 11.8. The first-order chi connectivity index (χ1) is 15.7. The molecule has 0 unspecified atom stereocenters. The molecule has 0 aromatic heterocycles. The highest BCUT2D eigenvalue weighted by Gasteiger charge is 2.19. The summed E-state index contributed by atoms with van der Waals surface area (Å²) in [6.07, 6.45) is 0.650. The maximum Gasteiger partial charge on any atom is 0.335 e. The van der Waals surface area contributed by atoms with Crippen molar-refractivity contribution in [1.29, 1.82) is 0 Å². The molecule has 0 aliphatic carbocycles. The second-order valence-electron chi connectivity index (χ2n) is 7.47. The number of rotatable bonds is 12. The number of anilines is 1. The molecule has 174 valence electrons. The Morgan fingerprint density at radius 3 is 2.12 bits per heavy atom. The van der Waals surface area contributed by atoms with Gasteiger partial charge in [0.25, 0.3) is 0 Å². The predicted octanol–water partition coefficient (Wildman–Crippen LogP) is 3.49. The molecule has 0 amide bonds. The fraction of sp³-hybridized carbons (Fsp3) is 0.480. The van der Waals surface area contributed by atoms with Gasteiger partial charge < -0.3 is 28.6 Å². The van der Waals surface area contributed by atoms with Crippen molar-refractivity contribution in [3.8, 4) is 11.5 Å². The first-order valence-electron chi connectivity index (χ1n) is 11.2. The fourth-order valence-electron chi connectivity index (χ4n) is 3.45. The predicted molar refractivity (Wildman–Crippen MR) is 123 cm³/mol. The van der Waals surface area contributed by atoms with Gasteiger partial charge in [-0.3, -0.25) is 0 Å². The van der Waals surface area contributed by atoms with Crippen LogP contribution in [0.5, 0.6) is 11.5 Å². The topological polar surface area (TPSA) is 66.5 Å². The van der Waals surface area contributed by atoms with Gasteiger partial charge in [-0.1, -0.05) is 12.1 Å². The molecular weight excluding hydrogens is 410 g/mol. The number of carbonyl (C=O) groups excluding carboxylic acids is 1. The van der Waals surface area contributed by atoms with Crippen molar-refractivity contribution in [2.45, 2.75) is 25.9 Å². The number of benzene rings is 2. The van der Waals surface area contributed by atoms with Crippen molar-refractivity contribution in [1.82, 2.24) is 0 Å². The first-order valence-corrected chi connectivity index (χ1v) is 11.2. The molecule has 2 aromatic rings. The second-order valence-corrected chi connectivity index (χ2v) is 7.47. The molecule has 0 bridgehead atoms. The van der Waals surface area contributed by atoms with E-state index < -0.39 is 6.10 Å². The molecule has 0 spiro atoms. The van der Waals surface area contributed by atoms with Crippen LogP contribution in [0.15, 0.2) is 48.5 Å². The van der Waals surface area contributed by atoms with E-state index in [0.717, 1.165) is 49.8 Å². The zero-order valence-corrected chi connectivity index (χ0v) is 19.0. The van der Waals surface area contributed by atoms with E-state index in [2.05, 4.69) is 17.0 Å². The molecule has 1 heterocycles. The van der Waals surface area contributed by atoms with Gasteiger partial charge >= 0.3 is 5.97 Å². The van der Waals surface area contributed by atoms with Gasteiger partial charge in [-0.15, -0.1) is 0 Å². The molecular formula is C25H33NO6. The van der Waals surface area contributed by atoms with Crippen LogP contribution in [-0.4, -0.2) is 65.3 Å².